The molecule has 1 amide bonds. The third-order valence-corrected chi connectivity index (χ3v) is 5.10. The molecule has 2 aromatic rings. The molecule has 0 saturated carbocycles. The van der Waals surface area contributed by atoms with Gasteiger partial charge in [-0.3, -0.25) is 0 Å². The molecule has 2 aliphatic rings. The first-order valence-electron chi connectivity index (χ1n) is 9.08. The number of hydrogen-bond donors (Lipinski definition) is 0. The molecule has 0 N–H and O–H groups in total. The van der Waals surface area contributed by atoms with Gasteiger partial charge in [-0.25, -0.2) is 23.5 Å². The summed E-state index contributed by atoms with van der Waals surface area (Å²) in [6, 6.07) is 2.54. The van der Waals surface area contributed by atoms with E-state index < -0.39 is 17.2 Å². The zero-order chi connectivity index (χ0) is 19.3. The molecule has 144 valence electrons. The summed E-state index contributed by atoms with van der Waals surface area (Å²) >= 11 is 0. The van der Waals surface area contributed by atoms with Crippen LogP contribution in [-0.2, 0) is 4.74 Å². The number of anilines is 1. The lowest BCUT2D eigenvalue weighted by molar-refractivity contribution is -0.0346. The monoisotopic (exact) mass is 376 g/mol. The first-order chi connectivity index (χ1) is 12.7. The van der Waals surface area contributed by atoms with Gasteiger partial charge in [-0.1, -0.05) is 0 Å². The first kappa shape index (κ1) is 17.9. The molecule has 2 aliphatic heterocycles. The van der Waals surface area contributed by atoms with Crippen LogP contribution in [0.25, 0.3) is 11.0 Å². The smallest absolute Gasteiger partial charge is 0.410 e. The van der Waals surface area contributed by atoms with E-state index in [0.717, 1.165) is 19.0 Å². The van der Waals surface area contributed by atoms with Crippen molar-refractivity contribution in [2.24, 2.45) is 5.92 Å². The molecule has 2 atom stereocenters. The number of rotatable bonds is 1. The standard InChI is InChI=1S/C19H22F2N4O2/c1-19(2,3)27-18(26)25-9-11-6-7-24(10-14(11)25)15-8-22-17-13(23-15)5-4-12(20)16(17)21/h4-5,8,11,14H,6-7,9-10H2,1-3H3. The lowest BCUT2D eigenvalue weighted by atomic mass is 9.82. The van der Waals surface area contributed by atoms with Gasteiger partial charge in [0.1, 0.15) is 16.9 Å². The number of carbonyl (C=O) groups excluding carboxylic acids is 1. The Morgan fingerprint density at radius 1 is 1.26 bits per heavy atom. The summed E-state index contributed by atoms with van der Waals surface area (Å²) in [7, 11) is 0. The van der Waals surface area contributed by atoms with E-state index in [0.29, 0.717) is 30.3 Å². The molecule has 1 aromatic heterocycles. The van der Waals surface area contributed by atoms with Gasteiger partial charge in [0.15, 0.2) is 11.6 Å². The highest BCUT2D eigenvalue weighted by molar-refractivity contribution is 5.76. The Hall–Kier alpha value is -2.51. The van der Waals surface area contributed by atoms with Crippen LogP contribution in [0.15, 0.2) is 18.3 Å². The van der Waals surface area contributed by atoms with Gasteiger partial charge < -0.3 is 14.5 Å². The fourth-order valence-electron chi connectivity index (χ4n) is 3.70. The van der Waals surface area contributed by atoms with Crippen molar-refractivity contribution in [2.45, 2.75) is 38.8 Å². The molecular formula is C19H22F2N4O2. The summed E-state index contributed by atoms with van der Waals surface area (Å²) in [5, 5.41) is 0. The molecule has 2 saturated heterocycles. The predicted molar refractivity (Wildman–Crippen MR) is 96.5 cm³/mol. The zero-order valence-electron chi connectivity index (χ0n) is 15.6. The average Bonchev–Trinajstić information content (AvgIpc) is 2.57. The maximum Gasteiger partial charge on any atom is 0.410 e. The normalized spacial score (nSPS) is 22.4. The summed E-state index contributed by atoms with van der Waals surface area (Å²) in [4.78, 5) is 24.6. The van der Waals surface area contributed by atoms with Crippen molar-refractivity contribution in [2.75, 3.05) is 24.5 Å². The van der Waals surface area contributed by atoms with Crippen LogP contribution in [0, 0.1) is 17.6 Å². The second-order valence-corrected chi connectivity index (χ2v) is 8.15. The quantitative estimate of drug-likeness (QED) is 0.764. The van der Waals surface area contributed by atoms with Crippen LogP contribution in [0.1, 0.15) is 27.2 Å². The van der Waals surface area contributed by atoms with E-state index in [2.05, 4.69) is 9.97 Å². The van der Waals surface area contributed by atoms with Gasteiger partial charge in [-0.15, -0.1) is 0 Å². The zero-order valence-corrected chi connectivity index (χ0v) is 15.6. The molecule has 2 unspecified atom stereocenters. The molecule has 0 bridgehead atoms. The topological polar surface area (TPSA) is 58.6 Å². The maximum absolute atomic E-state index is 13.8. The van der Waals surface area contributed by atoms with Gasteiger partial charge in [0.2, 0.25) is 0 Å². The van der Waals surface area contributed by atoms with E-state index in [9.17, 15) is 13.6 Å². The van der Waals surface area contributed by atoms with Crippen LogP contribution in [0.4, 0.5) is 19.4 Å². The highest BCUT2D eigenvalue weighted by Crippen LogP contribution is 2.35. The third kappa shape index (κ3) is 3.28. The lowest BCUT2D eigenvalue weighted by Gasteiger charge is -2.53. The van der Waals surface area contributed by atoms with Crippen molar-refractivity contribution in [3.8, 4) is 0 Å². The Balaban J connectivity index is 1.52. The average molecular weight is 376 g/mol. The number of amides is 1. The van der Waals surface area contributed by atoms with Crippen molar-refractivity contribution >= 4 is 22.9 Å². The Labute approximate surface area is 156 Å². The Morgan fingerprint density at radius 2 is 2.04 bits per heavy atom. The minimum atomic E-state index is -0.986. The van der Waals surface area contributed by atoms with Crippen molar-refractivity contribution in [1.29, 1.82) is 0 Å². The third-order valence-electron chi connectivity index (χ3n) is 5.10. The van der Waals surface area contributed by atoms with E-state index >= 15 is 0 Å². The van der Waals surface area contributed by atoms with Crippen LogP contribution in [0.2, 0.25) is 0 Å². The lowest BCUT2D eigenvalue weighted by Crippen LogP contribution is -2.66. The molecule has 27 heavy (non-hydrogen) atoms. The van der Waals surface area contributed by atoms with E-state index in [4.69, 9.17) is 4.74 Å². The molecule has 0 aliphatic carbocycles. The van der Waals surface area contributed by atoms with E-state index in [-0.39, 0.29) is 17.7 Å². The van der Waals surface area contributed by atoms with Gasteiger partial charge in [-0.05, 0) is 39.3 Å². The number of carbonyl (C=O) groups is 1. The molecule has 6 nitrogen and oxygen atoms in total. The number of piperidine rings is 1. The number of nitrogens with zero attached hydrogens (tertiary/aromatic N) is 4. The van der Waals surface area contributed by atoms with Gasteiger partial charge in [0.25, 0.3) is 0 Å². The van der Waals surface area contributed by atoms with E-state index in [1.165, 1.54) is 12.3 Å². The number of fused-ring (bicyclic) bond motifs is 2. The second-order valence-electron chi connectivity index (χ2n) is 8.15. The largest absolute Gasteiger partial charge is 0.444 e. The van der Waals surface area contributed by atoms with E-state index in [1.807, 2.05) is 25.7 Å². The Kier molecular flexibility index (Phi) is 4.16. The number of hydrogen-bond acceptors (Lipinski definition) is 5. The van der Waals surface area contributed by atoms with Gasteiger partial charge in [0, 0.05) is 25.6 Å². The summed E-state index contributed by atoms with van der Waals surface area (Å²) in [5.74, 6) is -0.870. The molecule has 4 rings (SSSR count). The summed E-state index contributed by atoms with van der Waals surface area (Å²) in [6.07, 6.45) is 2.09. The SMILES string of the molecule is CC(C)(C)OC(=O)N1CC2CCN(c3cnc4c(F)c(F)ccc4n3)CC21. The van der Waals surface area contributed by atoms with Crippen LogP contribution >= 0.6 is 0 Å². The second kappa shape index (κ2) is 6.28. The fraction of sp³-hybridized carbons (Fsp3) is 0.526. The van der Waals surface area contributed by atoms with Crippen LogP contribution in [-0.4, -0.2) is 52.2 Å². The number of aromatic nitrogens is 2. The minimum Gasteiger partial charge on any atom is -0.444 e. The van der Waals surface area contributed by atoms with Crippen molar-refractivity contribution in [3.63, 3.8) is 0 Å². The first-order valence-corrected chi connectivity index (χ1v) is 9.08. The van der Waals surface area contributed by atoms with Crippen molar-refractivity contribution < 1.29 is 18.3 Å². The fourth-order valence-corrected chi connectivity index (χ4v) is 3.70. The molecule has 8 heteroatoms. The molecule has 3 heterocycles. The molecule has 1 aromatic carbocycles. The maximum atomic E-state index is 13.8. The highest BCUT2D eigenvalue weighted by atomic mass is 19.2. The van der Waals surface area contributed by atoms with Crippen LogP contribution in [0.5, 0.6) is 0 Å². The summed E-state index contributed by atoms with van der Waals surface area (Å²) in [6.45, 7) is 7.66. The minimum absolute atomic E-state index is 0.0658. The molecule has 0 spiro atoms. The predicted octanol–water partition coefficient (Wildman–Crippen LogP) is 3.35. The molecule has 2 fully saturated rings. The summed E-state index contributed by atoms with van der Waals surface area (Å²) < 4.78 is 32.6. The van der Waals surface area contributed by atoms with E-state index in [1.54, 1.807) is 4.90 Å². The van der Waals surface area contributed by atoms with Crippen LogP contribution in [0.3, 0.4) is 0 Å². The number of ether oxygens (including phenoxy) is 1. The molecular weight excluding hydrogens is 354 g/mol. The highest BCUT2D eigenvalue weighted by Gasteiger charge is 2.46. The Morgan fingerprint density at radius 3 is 2.78 bits per heavy atom. The number of halogens is 2. The van der Waals surface area contributed by atoms with Gasteiger partial charge >= 0.3 is 6.09 Å². The number of likely N-dealkylation sites (tertiary alicyclic amines) is 1. The van der Waals surface area contributed by atoms with Gasteiger partial charge in [-0.2, -0.15) is 0 Å². The molecule has 0 radical (unpaired) electrons. The van der Waals surface area contributed by atoms with Crippen molar-refractivity contribution in [1.82, 2.24) is 14.9 Å². The Bertz CT molecular complexity index is 899. The van der Waals surface area contributed by atoms with Crippen molar-refractivity contribution in [3.05, 3.63) is 30.0 Å². The summed E-state index contributed by atoms with van der Waals surface area (Å²) in [5.41, 5.74) is -0.293. The number of benzene rings is 1. The van der Waals surface area contributed by atoms with Crippen LogP contribution < -0.4 is 4.90 Å². The van der Waals surface area contributed by atoms with Gasteiger partial charge in [0.05, 0.1) is 17.8 Å².